The van der Waals surface area contributed by atoms with Crippen LogP contribution in [0.1, 0.15) is 22.3 Å². The minimum atomic E-state index is 0.0504. The monoisotopic (exact) mass is 509 g/mol. The van der Waals surface area contributed by atoms with Gasteiger partial charge in [0.25, 0.3) is 5.91 Å². The van der Waals surface area contributed by atoms with E-state index in [2.05, 4.69) is 32.2 Å². The van der Waals surface area contributed by atoms with Crippen molar-refractivity contribution in [2.75, 3.05) is 44.6 Å². The summed E-state index contributed by atoms with van der Waals surface area (Å²) in [5.74, 6) is 1.17. The Labute approximate surface area is 196 Å². The molecule has 0 aliphatic carbocycles. The third kappa shape index (κ3) is 4.96. The fraction of sp³-hybridized carbons (Fsp3) is 0.435. The third-order valence-electron chi connectivity index (χ3n) is 6.16. The van der Waals surface area contributed by atoms with Crippen LogP contribution in [0.2, 0.25) is 10.0 Å². The summed E-state index contributed by atoms with van der Waals surface area (Å²) in [5, 5.41) is 4.77. The predicted octanol–water partition coefficient (Wildman–Crippen LogP) is 5.57. The van der Waals surface area contributed by atoms with Gasteiger partial charge in [0.2, 0.25) is 0 Å². The summed E-state index contributed by atoms with van der Waals surface area (Å²) in [7, 11) is 0. The lowest BCUT2D eigenvalue weighted by atomic mass is 10.0. The number of rotatable bonds is 6. The van der Waals surface area contributed by atoms with Gasteiger partial charge >= 0.3 is 0 Å². The van der Waals surface area contributed by atoms with E-state index < -0.39 is 0 Å². The van der Waals surface area contributed by atoms with Gasteiger partial charge in [0.1, 0.15) is 0 Å². The van der Waals surface area contributed by atoms with Gasteiger partial charge in [-0.3, -0.25) is 4.79 Å². The van der Waals surface area contributed by atoms with Crippen LogP contribution < -0.4 is 5.32 Å². The van der Waals surface area contributed by atoms with Gasteiger partial charge in [0.15, 0.2) is 0 Å². The standard InChI is InChI=1S/C23H26BrCl2N3O/c1-15-3-5-19(10-21(15)25)27-7-2-8-28-11-16-13-29(14-17(16)12-28)23(30)20-6-4-18(24)9-22(20)26/h3-6,9-10,16-17,27H,2,7-8,11-14H2,1H3. The van der Waals surface area contributed by atoms with E-state index in [1.54, 1.807) is 6.07 Å². The van der Waals surface area contributed by atoms with Crippen molar-refractivity contribution >= 4 is 50.7 Å². The SMILES string of the molecule is Cc1ccc(NCCCN2CC3CN(C(=O)c4ccc(Br)cc4Cl)CC3C2)cc1Cl. The van der Waals surface area contributed by atoms with Gasteiger partial charge in [-0.2, -0.15) is 0 Å². The van der Waals surface area contributed by atoms with E-state index in [1.165, 1.54) is 0 Å². The van der Waals surface area contributed by atoms with E-state index in [0.29, 0.717) is 22.4 Å². The molecule has 4 rings (SSSR count). The molecule has 2 aliphatic rings. The molecule has 0 radical (unpaired) electrons. The number of amides is 1. The lowest BCUT2D eigenvalue weighted by molar-refractivity contribution is 0.0774. The van der Waals surface area contributed by atoms with Gasteiger partial charge in [0, 0.05) is 47.9 Å². The molecule has 2 heterocycles. The van der Waals surface area contributed by atoms with Gasteiger partial charge in [-0.1, -0.05) is 45.2 Å². The Morgan fingerprint density at radius 1 is 1.07 bits per heavy atom. The molecular weight excluding hydrogens is 485 g/mol. The van der Waals surface area contributed by atoms with E-state index in [4.69, 9.17) is 23.2 Å². The van der Waals surface area contributed by atoms with Crippen molar-refractivity contribution in [3.8, 4) is 0 Å². The smallest absolute Gasteiger partial charge is 0.255 e. The topological polar surface area (TPSA) is 35.6 Å². The molecule has 0 spiro atoms. The summed E-state index contributed by atoms with van der Waals surface area (Å²) in [6.45, 7) is 7.80. The first kappa shape index (κ1) is 21.9. The van der Waals surface area contributed by atoms with Gasteiger partial charge in [-0.15, -0.1) is 0 Å². The summed E-state index contributed by atoms with van der Waals surface area (Å²) in [4.78, 5) is 17.4. The van der Waals surface area contributed by atoms with Crippen molar-refractivity contribution < 1.29 is 4.79 Å². The maximum atomic E-state index is 12.9. The van der Waals surface area contributed by atoms with E-state index in [9.17, 15) is 4.79 Å². The quantitative estimate of drug-likeness (QED) is 0.516. The molecule has 1 amide bonds. The maximum absolute atomic E-state index is 12.9. The van der Waals surface area contributed by atoms with Crippen molar-refractivity contribution in [2.45, 2.75) is 13.3 Å². The summed E-state index contributed by atoms with van der Waals surface area (Å²) in [6, 6.07) is 11.6. The molecule has 1 N–H and O–H groups in total. The number of aryl methyl sites for hydroxylation is 1. The molecule has 160 valence electrons. The first-order valence-corrected chi connectivity index (χ1v) is 11.9. The molecule has 7 heteroatoms. The Morgan fingerprint density at radius 2 is 1.80 bits per heavy atom. The van der Waals surface area contributed by atoms with E-state index in [0.717, 1.165) is 66.4 Å². The molecule has 2 unspecified atom stereocenters. The van der Waals surface area contributed by atoms with Crippen LogP contribution in [0.4, 0.5) is 5.69 Å². The number of fused-ring (bicyclic) bond motifs is 1. The largest absolute Gasteiger partial charge is 0.385 e. The molecule has 0 saturated carbocycles. The summed E-state index contributed by atoms with van der Waals surface area (Å²) < 4.78 is 0.887. The molecule has 2 aromatic carbocycles. The number of carbonyl (C=O) groups is 1. The van der Waals surface area contributed by atoms with Crippen LogP contribution in [0.5, 0.6) is 0 Å². The van der Waals surface area contributed by atoms with Crippen LogP contribution in [0, 0.1) is 18.8 Å². The number of carbonyl (C=O) groups excluding carboxylic acids is 1. The highest BCUT2D eigenvalue weighted by atomic mass is 79.9. The van der Waals surface area contributed by atoms with Crippen molar-refractivity contribution in [1.82, 2.24) is 9.80 Å². The van der Waals surface area contributed by atoms with E-state index in [1.807, 2.05) is 36.1 Å². The zero-order valence-corrected chi connectivity index (χ0v) is 20.1. The molecule has 2 atom stereocenters. The lowest BCUT2D eigenvalue weighted by Crippen LogP contribution is -2.34. The van der Waals surface area contributed by atoms with Crippen molar-refractivity contribution in [3.63, 3.8) is 0 Å². The number of hydrogen-bond donors (Lipinski definition) is 1. The predicted molar refractivity (Wildman–Crippen MR) is 128 cm³/mol. The van der Waals surface area contributed by atoms with Gasteiger partial charge < -0.3 is 15.1 Å². The first-order valence-electron chi connectivity index (χ1n) is 10.4. The summed E-state index contributed by atoms with van der Waals surface area (Å²) in [5.41, 5.74) is 2.77. The average Bonchev–Trinajstić information content (AvgIpc) is 3.26. The number of halogens is 3. The van der Waals surface area contributed by atoms with Crippen molar-refractivity contribution in [3.05, 3.63) is 62.0 Å². The molecule has 4 nitrogen and oxygen atoms in total. The molecular formula is C23H26BrCl2N3O. The Bertz CT molecular complexity index is 925. The molecule has 0 aromatic heterocycles. The van der Waals surface area contributed by atoms with Crippen molar-refractivity contribution in [1.29, 1.82) is 0 Å². The molecule has 2 aromatic rings. The van der Waals surface area contributed by atoms with E-state index >= 15 is 0 Å². The Hall–Kier alpha value is -1.27. The van der Waals surface area contributed by atoms with Crippen molar-refractivity contribution in [2.24, 2.45) is 11.8 Å². The van der Waals surface area contributed by atoms with Crippen LogP contribution >= 0.6 is 39.1 Å². The van der Waals surface area contributed by atoms with Crippen LogP contribution in [-0.2, 0) is 0 Å². The highest BCUT2D eigenvalue weighted by molar-refractivity contribution is 9.10. The lowest BCUT2D eigenvalue weighted by Gasteiger charge is -2.22. The first-order chi connectivity index (χ1) is 14.4. The summed E-state index contributed by atoms with van der Waals surface area (Å²) in [6.07, 6.45) is 1.09. The average molecular weight is 511 g/mol. The number of benzene rings is 2. The number of nitrogens with one attached hydrogen (secondary N) is 1. The maximum Gasteiger partial charge on any atom is 0.255 e. The van der Waals surface area contributed by atoms with Gasteiger partial charge in [-0.25, -0.2) is 0 Å². The molecule has 2 saturated heterocycles. The summed E-state index contributed by atoms with van der Waals surface area (Å²) >= 11 is 15.9. The van der Waals surface area contributed by atoms with Gasteiger partial charge in [-0.05, 0) is 67.6 Å². The zero-order valence-electron chi connectivity index (χ0n) is 17.0. The molecule has 2 fully saturated rings. The minimum Gasteiger partial charge on any atom is -0.385 e. The number of likely N-dealkylation sites (tertiary alicyclic amines) is 2. The normalized spacial score (nSPS) is 21.1. The Morgan fingerprint density at radius 3 is 2.47 bits per heavy atom. The van der Waals surface area contributed by atoms with Gasteiger partial charge in [0.05, 0.1) is 10.6 Å². The number of nitrogens with zero attached hydrogens (tertiary/aromatic N) is 2. The third-order valence-corrected chi connectivity index (χ3v) is 7.38. The molecule has 0 bridgehead atoms. The van der Waals surface area contributed by atoms with Crippen LogP contribution in [0.15, 0.2) is 40.9 Å². The zero-order chi connectivity index (χ0) is 21.3. The minimum absolute atomic E-state index is 0.0504. The second-order valence-corrected chi connectivity index (χ2v) is 10.1. The number of hydrogen-bond acceptors (Lipinski definition) is 3. The molecule has 2 aliphatic heterocycles. The van der Waals surface area contributed by atoms with E-state index in [-0.39, 0.29) is 5.91 Å². The fourth-order valence-corrected chi connectivity index (χ4v) is 5.44. The highest BCUT2D eigenvalue weighted by Crippen LogP contribution is 2.33. The van der Waals surface area contributed by atoms with Crippen LogP contribution in [-0.4, -0.2) is 55.0 Å². The second kappa shape index (κ2) is 9.47. The second-order valence-electron chi connectivity index (χ2n) is 8.36. The number of anilines is 1. The van der Waals surface area contributed by atoms with Crippen LogP contribution in [0.3, 0.4) is 0 Å². The highest BCUT2D eigenvalue weighted by Gasteiger charge is 2.41. The van der Waals surface area contributed by atoms with Crippen LogP contribution in [0.25, 0.3) is 0 Å². The Balaban J connectivity index is 1.21. The fourth-order valence-electron chi connectivity index (χ4n) is 4.51. The Kier molecular flexibility index (Phi) is 6.93. The molecule has 30 heavy (non-hydrogen) atoms.